The van der Waals surface area contributed by atoms with Crippen molar-refractivity contribution in [3.8, 4) is 0 Å². The lowest BCUT2D eigenvalue weighted by atomic mass is 9.77. The SMILES string of the molecule is CCNC(=O)N1CC[C@@H](CC(=O)O)[C@@H](CC2=NCCc3ccc(C(C)(C)C)cc32)C1. The molecule has 0 aliphatic carbocycles. The zero-order chi connectivity index (χ0) is 21.9. The lowest BCUT2D eigenvalue weighted by molar-refractivity contribution is -0.138. The van der Waals surface area contributed by atoms with Gasteiger partial charge in [-0.05, 0) is 66.2 Å². The van der Waals surface area contributed by atoms with Gasteiger partial charge in [-0.15, -0.1) is 0 Å². The number of amides is 2. The molecule has 0 unspecified atom stereocenters. The van der Waals surface area contributed by atoms with Crippen LogP contribution in [0.15, 0.2) is 23.2 Å². The average molecular weight is 414 g/mol. The molecule has 30 heavy (non-hydrogen) atoms. The van der Waals surface area contributed by atoms with E-state index < -0.39 is 5.97 Å². The largest absolute Gasteiger partial charge is 0.481 e. The highest BCUT2D eigenvalue weighted by Crippen LogP contribution is 2.33. The molecule has 2 aliphatic heterocycles. The first-order valence-corrected chi connectivity index (χ1v) is 11.1. The van der Waals surface area contributed by atoms with Gasteiger partial charge in [-0.2, -0.15) is 0 Å². The maximum Gasteiger partial charge on any atom is 0.317 e. The van der Waals surface area contributed by atoms with Crippen LogP contribution in [-0.4, -0.2) is 53.9 Å². The Morgan fingerprint density at radius 2 is 2.03 bits per heavy atom. The van der Waals surface area contributed by atoms with Crippen molar-refractivity contribution in [1.82, 2.24) is 10.2 Å². The van der Waals surface area contributed by atoms with Crippen molar-refractivity contribution in [3.05, 3.63) is 34.9 Å². The van der Waals surface area contributed by atoms with Gasteiger partial charge >= 0.3 is 12.0 Å². The topological polar surface area (TPSA) is 82.0 Å². The Bertz CT molecular complexity index is 825. The Kier molecular flexibility index (Phi) is 6.84. The molecule has 2 atom stereocenters. The van der Waals surface area contributed by atoms with Crippen molar-refractivity contribution in [1.29, 1.82) is 0 Å². The summed E-state index contributed by atoms with van der Waals surface area (Å²) in [4.78, 5) is 30.5. The molecule has 6 heteroatoms. The normalized spacial score (nSPS) is 21.6. The third-order valence-corrected chi connectivity index (χ3v) is 6.37. The van der Waals surface area contributed by atoms with Crippen LogP contribution in [0, 0.1) is 11.8 Å². The first-order valence-electron chi connectivity index (χ1n) is 11.1. The first-order chi connectivity index (χ1) is 14.2. The van der Waals surface area contributed by atoms with E-state index in [1.165, 1.54) is 16.7 Å². The minimum atomic E-state index is -0.766. The van der Waals surface area contributed by atoms with Gasteiger partial charge in [0.15, 0.2) is 0 Å². The molecule has 0 spiro atoms. The molecule has 2 aliphatic rings. The van der Waals surface area contributed by atoms with E-state index in [4.69, 9.17) is 4.99 Å². The van der Waals surface area contributed by atoms with Gasteiger partial charge in [0.25, 0.3) is 0 Å². The fourth-order valence-electron chi connectivity index (χ4n) is 4.60. The number of urea groups is 1. The number of aliphatic imine (C=N–C) groups is 1. The number of hydrogen-bond donors (Lipinski definition) is 2. The predicted octanol–water partition coefficient (Wildman–Crippen LogP) is 3.86. The molecule has 6 nitrogen and oxygen atoms in total. The molecule has 1 aromatic carbocycles. The number of fused-ring (bicyclic) bond motifs is 1. The van der Waals surface area contributed by atoms with Crippen molar-refractivity contribution in [2.75, 3.05) is 26.2 Å². The second kappa shape index (κ2) is 9.19. The number of rotatable bonds is 5. The number of hydrogen-bond acceptors (Lipinski definition) is 3. The summed E-state index contributed by atoms with van der Waals surface area (Å²) in [5.74, 6) is -0.607. The van der Waals surface area contributed by atoms with E-state index in [2.05, 4.69) is 44.3 Å². The van der Waals surface area contributed by atoms with Crippen LogP contribution in [0.1, 0.15) is 63.6 Å². The first kappa shape index (κ1) is 22.3. The van der Waals surface area contributed by atoms with Crippen molar-refractivity contribution >= 4 is 17.7 Å². The van der Waals surface area contributed by atoms with Crippen LogP contribution in [0.4, 0.5) is 4.79 Å². The van der Waals surface area contributed by atoms with Crippen LogP contribution in [0.2, 0.25) is 0 Å². The highest BCUT2D eigenvalue weighted by Gasteiger charge is 2.34. The minimum absolute atomic E-state index is 0.0581. The predicted molar refractivity (Wildman–Crippen MR) is 119 cm³/mol. The van der Waals surface area contributed by atoms with E-state index in [1.54, 1.807) is 0 Å². The molecule has 0 radical (unpaired) electrons. The van der Waals surface area contributed by atoms with Gasteiger partial charge in [-0.1, -0.05) is 32.9 Å². The molecule has 0 bridgehead atoms. The summed E-state index contributed by atoms with van der Waals surface area (Å²) >= 11 is 0. The maximum atomic E-state index is 12.4. The highest BCUT2D eigenvalue weighted by atomic mass is 16.4. The van der Waals surface area contributed by atoms with Crippen LogP contribution >= 0.6 is 0 Å². The van der Waals surface area contributed by atoms with E-state index in [0.717, 1.165) is 25.1 Å². The Labute approximate surface area is 179 Å². The molecular formula is C24H35N3O3. The summed E-state index contributed by atoms with van der Waals surface area (Å²) in [5, 5.41) is 12.3. The Morgan fingerprint density at radius 1 is 1.27 bits per heavy atom. The van der Waals surface area contributed by atoms with Crippen molar-refractivity contribution in [2.45, 2.75) is 58.8 Å². The minimum Gasteiger partial charge on any atom is -0.481 e. The summed E-state index contributed by atoms with van der Waals surface area (Å²) in [5.41, 5.74) is 4.94. The number of aliphatic carboxylic acids is 1. The second-order valence-corrected chi connectivity index (χ2v) is 9.59. The number of carbonyl (C=O) groups is 2. The number of nitrogens with zero attached hydrogens (tertiary/aromatic N) is 2. The fraction of sp³-hybridized carbons (Fsp3) is 0.625. The van der Waals surface area contributed by atoms with Gasteiger partial charge in [0.2, 0.25) is 0 Å². The standard InChI is InChI=1S/C24H35N3O3/c1-5-25-23(30)27-11-9-17(13-22(28)29)18(15-27)12-21-20-14-19(24(2,3)4)7-6-16(20)8-10-26-21/h6-7,14,17-18H,5,8-13,15H2,1-4H3,(H,25,30)(H,28,29)/t17-,18-/m0/s1. The van der Waals surface area contributed by atoms with E-state index in [9.17, 15) is 14.7 Å². The zero-order valence-electron chi connectivity index (χ0n) is 18.7. The maximum absolute atomic E-state index is 12.4. The molecule has 0 saturated carbocycles. The van der Waals surface area contributed by atoms with Gasteiger partial charge in [0.1, 0.15) is 0 Å². The van der Waals surface area contributed by atoms with E-state index >= 15 is 0 Å². The molecule has 1 fully saturated rings. The fourth-order valence-corrected chi connectivity index (χ4v) is 4.60. The van der Waals surface area contributed by atoms with E-state index in [0.29, 0.717) is 26.1 Å². The Balaban J connectivity index is 1.85. The number of benzene rings is 1. The summed E-state index contributed by atoms with van der Waals surface area (Å²) in [6.07, 6.45) is 2.53. The van der Waals surface area contributed by atoms with Gasteiger partial charge in [0.05, 0.1) is 0 Å². The molecule has 1 saturated heterocycles. The number of nitrogens with one attached hydrogen (secondary N) is 1. The molecule has 1 aromatic rings. The number of carbonyl (C=O) groups excluding carboxylic acids is 1. The third-order valence-electron chi connectivity index (χ3n) is 6.37. The molecule has 0 aromatic heterocycles. The van der Waals surface area contributed by atoms with Crippen molar-refractivity contribution in [2.24, 2.45) is 16.8 Å². The van der Waals surface area contributed by atoms with Crippen LogP contribution in [0.25, 0.3) is 0 Å². The monoisotopic (exact) mass is 413 g/mol. The molecular weight excluding hydrogens is 378 g/mol. The lowest BCUT2D eigenvalue weighted by Gasteiger charge is -2.38. The zero-order valence-corrected chi connectivity index (χ0v) is 18.7. The molecule has 2 N–H and O–H groups in total. The Morgan fingerprint density at radius 3 is 2.70 bits per heavy atom. The Hall–Kier alpha value is -2.37. The van der Waals surface area contributed by atoms with Gasteiger partial charge in [-0.3, -0.25) is 9.79 Å². The van der Waals surface area contributed by atoms with Crippen LogP contribution in [0.3, 0.4) is 0 Å². The third kappa shape index (κ3) is 5.21. The second-order valence-electron chi connectivity index (χ2n) is 9.59. The smallest absolute Gasteiger partial charge is 0.317 e. The van der Waals surface area contributed by atoms with Crippen molar-refractivity contribution < 1.29 is 14.7 Å². The molecule has 2 amide bonds. The van der Waals surface area contributed by atoms with Crippen LogP contribution in [0.5, 0.6) is 0 Å². The summed E-state index contributed by atoms with van der Waals surface area (Å²) in [6, 6.07) is 6.65. The summed E-state index contributed by atoms with van der Waals surface area (Å²) in [7, 11) is 0. The molecule has 3 rings (SSSR count). The number of carboxylic acids is 1. The van der Waals surface area contributed by atoms with Gasteiger partial charge < -0.3 is 15.3 Å². The average Bonchev–Trinajstić information content (AvgIpc) is 2.68. The lowest BCUT2D eigenvalue weighted by Crippen LogP contribution is -2.48. The van der Waals surface area contributed by atoms with E-state index in [-0.39, 0.29) is 29.7 Å². The molecule has 164 valence electrons. The van der Waals surface area contributed by atoms with Crippen LogP contribution < -0.4 is 5.32 Å². The highest BCUT2D eigenvalue weighted by molar-refractivity contribution is 6.03. The number of piperidine rings is 1. The van der Waals surface area contributed by atoms with Gasteiger partial charge in [-0.25, -0.2) is 4.79 Å². The van der Waals surface area contributed by atoms with E-state index in [1.807, 2.05) is 11.8 Å². The number of likely N-dealkylation sites (tertiary alicyclic amines) is 1. The van der Waals surface area contributed by atoms with Gasteiger partial charge in [0, 0.05) is 38.3 Å². The summed E-state index contributed by atoms with van der Waals surface area (Å²) in [6.45, 7) is 11.1. The number of carboxylic acid groups (broad SMARTS) is 1. The molecule has 2 heterocycles. The van der Waals surface area contributed by atoms with Crippen LogP contribution in [-0.2, 0) is 16.6 Å². The van der Waals surface area contributed by atoms with Crippen molar-refractivity contribution in [3.63, 3.8) is 0 Å². The summed E-state index contributed by atoms with van der Waals surface area (Å²) < 4.78 is 0. The quantitative estimate of drug-likeness (QED) is 0.769.